The number of ketones is 2. The summed E-state index contributed by atoms with van der Waals surface area (Å²) in [4.78, 5) is 106. The average Bonchev–Trinajstić information content (AvgIpc) is 4.42. The number of aliphatic hydroxyl groups excluding tert-OH is 1. The Morgan fingerprint density at radius 2 is 1.59 bits per heavy atom. The van der Waals surface area contributed by atoms with Gasteiger partial charge in [-0.25, -0.2) is 9.59 Å². The van der Waals surface area contributed by atoms with Crippen LogP contribution in [0.3, 0.4) is 0 Å². The van der Waals surface area contributed by atoms with Gasteiger partial charge in [0.25, 0.3) is 0 Å². The van der Waals surface area contributed by atoms with Crippen LogP contribution in [0, 0.1) is 23.7 Å². The average molecular weight is 1200 g/mol. The van der Waals surface area contributed by atoms with Crippen molar-refractivity contribution in [2.75, 3.05) is 50.0 Å². The van der Waals surface area contributed by atoms with E-state index in [9.17, 15) is 43.5 Å². The number of halogens is 1. The van der Waals surface area contributed by atoms with Crippen molar-refractivity contribution in [1.29, 1.82) is 0 Å². The van der Waals surface area contributed by atoms with Crippen molar-refractivity contribution in [3.63, 3.8) is 0 Å². The summed E-state index contributed by atoms with van der Waals surface area (Å²) in [6.45, 7) is 15.6. The summed E-state index contributed by atoms with van der Waals surface area (Å²) in [6, 6.07) is 5.20. The summed E-state index contributed by atoms with van der Waals surface area (Å²) in [5.74, 6) is -1.51. The number of Topliss-reactive ketones (excluding diaryl/α,β-unsaturated/α-hetero) is 2. The lowest BCUT2D eigenvalue weighted by Gasteiger charge is -2.39. The molecular weight excluding hydrogens is 1110 g/mol. The molecule has 20 nitrogen and oxygen atoms in total. The minimum atomic E-state index is -0.892. The Labute approximate surface area is 487 Å². The molecule has 10 atom stereocenters. The van der Waals surface area contributed by atoms with Gasteiger partial charge in [-0.05, 0) is 93.9 Å². The number of aliphatic hydroxyl groups is 1. The van der Waals surface area contributed by atoms with Crippen LogP contribution < -0.4 is 27.0 Å². The summed E-state index contributed by atoms with van der Waals surface area (Å²) in [6.07, 6.45) is 12.8. The molecule has 5 rings (SSSR count). The van der Waals surface area contributed by atoms with Crippen molar-refractivity contribution >= 4 is 68.9 Å². The fourth-order valence-corrected chi connectivity index (χ4v) is 10.7. The van der Waals surface area contributed by atoms with Crippen LogP contribution in [0.1, 0.15) is 138 Å². The monoisotopic (exact) mass is 1200 g/mol. The Morgan fingerprint density at radius 3 is 2.23 bits per heavy atom. The van der Waals surface area contributed by atoms with E-state index in [2.05, 4.69) is 50.2 Å². The minimum absolute atomic E-state index is 0.0135. The molecule has 1 spiro atoms. The molecule has 0 unspecified atom stereocenters. The summed E-state index contributed by atoms with van der Waals surface area (Å²) < 4.78 is 24.1. The molecule has 4 aliphatic rings. The first-order valence-electron chi connectivity index (χ1n) is 29.0. The van der Waals surface area contributed by atoms with Crippen molar-refractivity contribution in [3.8, 4) is 0 Å². The normalized spacial score (nSPS) is 24.7. The van der Waals surface area contributed by atoms with Crippen LogP contribution in [0.2, 0.25) is 0 Å². The lowest BCUT2D eigenvalue weighted by molar-refractivity contribution is -0.152. The third kappa shape index (κ3) is 22.3. The Bertz CT molecular complexity index is 2370. The number of unbranched alkanes of at least 4 members (excludes halogenated alkanes) is 3. The first kappa shape index (κ1) is 66.3. The van der Waals surface area contributed by atoms with E-state index in [-0.39, 0.29) is 111 Å². The number of nitrogens with one attached hydrogen (secondary N) is 4. The number of amides is 7. The number of rotatable bonds is 30. The zero-order chi connectivity index (χ0) is 59.2. The Morgan fingerprint density at radius 1 is 0.914 bits per heavy atom. The molecule has 7 N–H and O–H groups in total. The number of alkyl halides is 1. The van der Waals surface area contributed by atoms with Crippen LogP contribution >= 0.6 is 15.9 Å². The summed E-state index contributed by atoms with van der Waals surface area (Å²) in [5, 5.41) is 23.0. The fourth-order valence-electron chi connectivity index (χ4n) is 10.4. The van der Waals surface area contributed by atoms with Gasteiger partial charge in [-0.3, -0.25) is 28.8 Å². The number of piperazine rings is 1. The molecule has 450 valence electrons. The van der Waals surface area contributed by atoms with Gasteiger partial charge in [-0.2, -0.15) is 0 Å². The minimum Gasteiger partial charge on any atom is -0.445 e. The van der Waals surface area contributed by atoms with Gasteiger partial charge in [-0.15, -0.1) is 0 Å². The van der Waals surface area contributed by atoms with E-state index >= 15 is 0 Å². The summed E-state index contributed by atoms with van der Waals surface area (Å²) in [7, 11) is 0. The molecular formula is C60H90BrN7O13. The predicted octanol–water partition coefficient (Wildman–Crippen LogP) is 6.96. The molecule has 0 radical (unpaired) electrons. The maximum absolute atomic E-state index is 13.7. The van der Waals surface area contributed by atoms with Crippen LogP contribution in [0.15, 0.2) is 60.2 Å². The first-order valence-corrected chi connectivity index (χ1v) is 30.2. The molecule has 1 aromatic carbocycles. The number of benzene rings is 1. The van der Waals surface area contributed by atoms with Gasteiger partial charge in [0, 0.05) is 70.0 Å². The lowest BCUT2D eigenvalue weighted by Crippen LogP contribution is -2.53. The third-order valence-corrected chi connectivity index (χ3v) is 16.1. The highest BCUT2D eigenvalue weighted by Crippen LogP contribution is 2.43. The van der Waals surface area contributed by atoms with Crippen molar-refractivity contribution in [2.45, 2.75) is 187 Å². The second kappa shape index (κ2) is 33.0. The van der Waals surface area contributed by atoms with Gasteiger partial charge in [0.05, 0.1) is 48.8 Å². The van der Waals surface area contributed by atoms with Gasteiger partial charge in [0.1, 0.15) is 30.2 Å². The van der Waals surface area contributed by atoms with Gasteiger partial charge in [0.2, 0.25) is 23.6 Å². The van der Waals surface area contributed by atoms with Crippen LogP contribution in [-0.4, -0.2) is 155 Å². The number of nitrogens with two attached hydrogens (primary N) is 1. The predicted molar refractivity (Wildman–Crippen MR) is 311 cm³/mol. The first-order chi connectivity index (χ1) is 38.6. The third-order valence-electron chi connectivity index (χ3n) is 15.5. The van der Waals surface area contributed by atoms with Gasteiger partial charge < -0.3 is 60.9 Å². The molecule has 0 bridgehead atoms. The van der Waals surface area contributed by atoms with Crippen molar-refractivity contribution in [3.05, 3.63) is 65.8 Å². The van der Waals surface area contributed by atoms with Crippen LogP contribution in [0.25, 0.3) is 0 Å². The van der Waals surface area contributed by atoms with E-state index < -0.39 is 53.9 Å². The van der Waals surface area contributed by atoms with Crippen molar-refractivity contribution < 1.29 is 62.4 Å². The highest BCUT2D eigenvalue weighted by molar-refractivity contribution is 9.09. The molecule has 1 aromatic rings. The smallest absolute Gasteiger partial charge is 0.410 e. The summed E-state index contributed by atoms with van der Waals surface area (Å²) in [5.41, 5.74) is 6.57. The highest BCUT2D eigenvalue weighted by atomic mass is 79.9. The van der Waals surface area contributed by atoms with Gasteiger partial charge >= 0.3 is 12.1 Å². The summed E-state index contributed by atoms with van der Waals surface area (Å²) >= 11 is 3.17. The number of hydrogen-bond acceptors (Lipinski definition) is 13. The van der Waals surface area contributed by atoms with Gasteiger partial charge in [0.15, 0.2) is 5.78 Å². The number of epoxide rings is 1. The molecule has 0 aliphatic carbocycles. The number of ether oxygens (including phenoxy) is 4. The molecule has 4 saturated heterocycles. The second-order valence-electron chi connectivity index (χ2n) is 23.1. The van der Waals surface area contributed by atoms with E-state index in [1.165, 1.54) is 0 Å². The van der Waals surface area contributed by atoms with E-state index in [4.69, 9.17) is 24.7 Å². The number of hydrogen-bond donors (Lipinski definition) is 6. The van der Waals surface area contributed by atoms with E-state index in [0.717, 1.165) is 31.3 Å². The number of carbonyl (C=O) groups excluding carboxylic acids is 8. The molecule has 4 aliphatic heterocycles. The molecule has 0 aromatic heterocycles. The number of allylic oxidation sites excluding steroid dienone is 3. The molecule has 7 amide bonds. The van der Waals surface area contributed by atoms with E-state index in [1.807, 2.05) is 59.8 Å². The number of primary amides is 1. The number of nitrogens with zero attached hydrogens (tertiary/aromatic N) is 2. The molecule has 4 heterocycles. The van der Waals surface area contributed by atoms with Crippen LogP contribution in [0.5, 0.6) is 0 Å². The zero-order valence-electron chi connectivity index (χ0n) is 48.6. The number of anilines is 1. The maximum Gasteiger partial charge on any atom is 0.410 e. The molecule has 4 fully saturated rings. The maximum atomic E-state index is 13.7. The SMILES string of the molecule is CC(/C=C/[C@H]1O[C@H](CC(=O)N2CCN(C(=O)OCc3ccc(NC(=O)[C@H](CCCNC(N)=O)CC(=O)[C@@H](NC(=O)CCCCCCC(=O)CBr)C(C)C)cc3)CC2)C[C@@]2(CO2)[C@@H]1O)=C\C[C@@H]1O[C@H](C)[C@H](NC(=O)/C=C\C(C)C)C[C@@H]1C. The Balaban J connectivity index is 1.04. The lowest BCUT2D eigenvalue weighted by atomic mass is 9.87. The highest BCUT2D eigenvalue weighted by Gasteiger charge is 2.58. The van der Waals surface area contributed by atoms with Gasteiger partial charge in [-0.1, -0.05) is 105 Å². The zero-order valence-corrected chi connectivity index (χ0v) is 50.2. The van der Waals surface area contributed by atoms with Crippen molar-refractivity contribution in [2.24, 2.45) is 29.4 Å². The number of carbonyl (C=O) groups is 8. The molecule has 21 heteroatoms. The van der Waals surface area contributed by atoms with Crippen LogP contribution in [-0.2, 0) is 54.3 Å². The Kier molecular flexibility index (Phi) is 27.0. The largest absolute Gasteiger partial charge is 0.445 e. The number of urea groups is 1. The molecule has 81 heavy (non-hydrogen) atoms. The van der Waals surface area contributed by atoms with Crippen molar-refractivity contribution in [1.82, 2.24) is 25.8 Å². The van der Waals surface area contributed by atoms with E-state index in [1.54, 1.807) is 40.1 Å². The quantitative estimate of drug-likeness (QED) is 0.0150. The topological polar surface area (TPSA) is 278 Å². The van der Waals surface area contributed by atoms with Crippen LogP contribution in [0.4, 0.5) is 15.3 Å². The Hall–Kier alpha value is -5.48. The standard InChI is InChI=1S/C60H90BrN7O13/c1-38(2)16-25-53(72)65-48-31-41(6)50(80-42(48)7)23-17-40(5)18-24-51-56(74)60(37-79-60)34-47(81-51)33-54(73)67-27-29-68(30-28-67)59(77)78-36-43-19-21-45(22-20-43)64-57(75)44(13-12-26-63-58(62)76)32-49(70)55(39(3)4)66-52(71)15-11-9-8-10-14-46(69)35-61/h16-22,24-25,38-39,41-42,44,47-48,50-51,55-56,74H,8-15,23,26-37H2,1-7H3,(H,64,75)(H,65,72)(H,66,71)(H3,62,63,76)/b24-18+,25-16-,40-17+/t41-,42+,44+,47+,48+,50-,51+,55-,56+,60+/m0/s1. The second-order valence-corrected chi connectivity index (χ2v) is 23.6. The van der Waals surface area contributed by atoms with E-state index in [0.29, 0.717) is 74.3 Å². The fraction of sp³-hybridized carbons (Fsp3) is 0.667. The molecule has 0 saturated carbocycles.